The molecule has 1 rings (SSSR count). The van der Waals surface area contributed by atoms with Crippen LogP contribution in [0.15, 0.2) is 16.5 Å². The van der Waals surface area contributed by atoms with Gasteiger partial charge in [0.2, 0.25) is 5.91 Å². The number of alkyl carbamates (subject to hydrolysis) is 1. The molecule has 0 aliphatic carbocycles. The van der Waals surface area contributed by atoms with E-state index in [4.69, 9.17) is 9.15 Å². The number of carbonyl (C=O) groups excluding carboxylic acids is 2. The molecule has 0 fully saturated rings. The van der Waals surface area contributed by atoms with Crippen molar-refractivity contribution in [3.63, 3.8) is 0 Å². The highest BCUT2D eigenvalue weighted by atomic mass is 16.6. The summed E-state index contributed by atoms with van der Waals surface area (Å²) in [4.78, 5) is 26.3. The average molecular weight is 338 g/mol. The summed E-state index contributed by atoms with van der Waals surface area (Å²) >= 11 is 0. The van der Waals surface area contributed by atoms with E-state index in [2.05, 4.69) is 5.32 Å². The Balaban J connectivity index is 2.74. The number of hydrogen-bond acceptors (Lipinski definition) is 4. The number of amides is 2. The van der Waals surface area contributed by atoms with Gasteiger partial charge < -0.3 is 19.4 Å². The first-order valence-electron chi connectivity index (χ1n) is 8.27. The minimum absolute atomic E-state index is 0.163. The Hall–Kier alpha value is -1.98. The maximum Gasteiger partial charge on any atom is 0.408 e. The van der Waals surface area contributed by atoms with E-state index in [-0.39, 0.29) is 11.8 Å². The van der Waals surface area contributed by atoms with Crippen molar-refractivity contribution in [3.8, 4) is 0 Å². The molecule has 1 atom stereocenters. The van der Waals surface area contributed by atoms with Gasteiger partial charge in [-0.25, -0.2) is 4.79 Å². The Morgan fingerprint density at radius 1 is 1.29 bits per heavy atom. The van der Waals surface area contributed by atoms with E-state index in [1.54, 1.807) is 32.7 Å². The van der Waals surface area contributed by atoms with E-state index in [0.29, 0.717) is 18.7 Å². The molecule has 24 heavy (non-hydrogen) atoms. The second-order valence-electron chi connectivity index (χ2n) is 7.54. The number of aryl methyl sites for hydroxylation is 1. The lowest BCUT2D eigenvalue weighted by Crippen LogP contribution is -2.49. The van der Waals surface area contributed by atoms with Crippen LogP contribution in [0.2, 0.25) is 0 Å². The molecular formula is C18H30N2O4. The van der Waals surface area contributed by atoms with E-state index in [1.807, 2.05) is 32.9 Å². The number of rotatable bonds is 6. The minimum atomic E-state index is -0.624. The minimum Gasteiger partial charge on any atom is -0.464 e. The highest BCUT2D eigenvalue weighted by Crippen LogP contribution is 2.13. The second kappa shape index (κ2) is 8.22. The fourth-order valence-corrected chi connectivity index (χ4v) is 2.29. The molecule has 6 nitrogen and oxygen atoms in total. The maximum atomic E-state index is 12.7. The zero-order valence-electron chi connectivity index (χ0n) is 15.8. The SMILES string of the molecule is Cc1ccc(CN(C)C(=O)C(CC(C)C)NC(=O)OC(C)(C)C)o1. The van der Waals surface area contributed by atoms with Crippen LogP contribution in [0.3, 0.4) is 0 Å². The third kappa shape index (κ3) is 7.06. The van der Waals surface area contributed by atoms with Gasteiger partial charge in [-0.15, -0.1) is 0 Å². The van der Waals surface area contributed by atoms with Crippen LogP contribution in [-0.4, -0.2) is 35.6 Å². The van der Waals surface area contributed by atoms with Gasteiger partial charge in [0.1, 0.15) is 23.2 Å². The predicted molar refractivity (Wildman–Crippen MR) is 92.5 cm³/mol. The molecule has 0 saturated carbocycles. The highest BCUT2D eigenvalue weighted by Gasteiger charge is 2.27. The summed E-state index contributed by atoms with van der Waals surface area (Å²) < 4.78 is 10.8. The molecule has 0 bridgehead atoms. The van der Waals surface area contributed by atoms with Gasteiger partial charge in [-0.2, -0.15) is 0 Å². The molecule has 0 radical (unpaired) electrons. The van der Waals surface area contributed by atoms with Crippen LogP contribution in [0.25, 0.3) is 0 Å². The van der Waals surface area contributed by atoms with Crippen molar-refractivity contribution in [1.82, 2.24) is 10.2 Å². The molecule has 1 aromatic rings. The molecule has 1 unspecified atom stereocenters. The lowest BCUT2D eigenvalue weighted by atomic mass is 10.0. The largest absolute Gasteiger partial charge is 0.464 e. The molecule has 0 aliphatic heterocycles. The van der Waals surface area contributed by atoms with Crippen LogP contribution in [0.1, 0.15) is 52.6 Å². The molecule has 1 N–H and O–H groups in total. The lowest BCUT2D eigenvalue weighted by Gasteiger charge is -2.27. The standard InChI is InChI=1S/C18H30N2O4/c1-12(2)10-15(19-17(22)24-18(4,5)6)16(21)20(7)11-14-9-8-13(3)23-14/h8-9,12,15H,10-11H2,1-7H3,(H,19,22). The lowest BCUT2D eigenvalue weighted by molar-refractivity contribution is -0.133. The summed E-state index contributed by atoms with van der Waals surface area (Å²) in [7, 11) is 1.70. The van der Waals surface area contributed by atoms with Crippen molar-refractivity contribution in [1.29, 1.82) is 0 Å². The monoisotopic (exact) mass is 338 g/mol. The van der Waals surface area contributed by atoms with Crippen molar-refractivity contribution < 1.29 is 18.7 Å². The van der Waals surface area contributed by atoms with Crippen molar-refractivity contribution in [3.05, 3.63) is 23.7 Å². The average Bonchev–Trinajstić information content (AvgIpc) is 2.79. The first-order chi connectivity index (χ1) is 11.0. The number of ether oxygens (including phenoxy) is 1. The van der Waals surface area contributed by atoms with E-state index >= 15 is 0 Å². The van der Waals surface area contributed by atoms with Gasteiger partial charge >= 0.3 is 6.09 Å². The van der Waals surface area contributed by atoms with Crippen molar-refractivity contribution in [2.75, 3.05) is 7.05 Å². The maximum absolute atomic E-state index is 12.7. The van der Waals surface area contributed by atoms with E-state index in [0.717, 1.165) is 5.76 Å². The third-order valence-electron chi connectivity index (χ3n) is 3.26. The van der Waals surface area contributed by atoms with Gasteiger partial charge in [-0.05, 0) is 52.2 Å². The Labute approximate surface area is 144 Å². The van der Waals surface area contributed by atoms with Gasteiger partial charge in [0.25, 0.3) is 0 Å². The molecule has 1 aromatic heterocycles. The van der Waals surface area contributed by atoms with Gasteiger partial charge in [0.15, 0.2) is 0 Å². The van der Waals surface area contributed by atoms with Crippen molar-refractivity contribution in [2.24, 2.45) is 5.92 Å². The Morgan fingerprint density at radius 2 is 1.92 bits per heavy atom. The number of hydrogen-bond donors (Lipinski definition) is 1. The number of nitrogens with zero attached hydrogens (tertiary/aromatic N) is 1. The molecule has 6 heteroatoms. The van der Waals surface area contributed by atoms with Gasteiger partial charge in [0, 0.05) is 7.05 Å². The van der Waals surface area contributed by atoms with Crippen LogP contribution in [0, 0.1) is 12.8 Å². The van der Waals surface area contributed by atoms with Crippen LogP contribution in [0.4, 0.5) is 4.79 Å². The van der Waals surface area contributed by atoms with Crippen molar-refractivity contribution >= 4 is 12.0 Å². The Kier molecular flexibility index (Phi) is 6.87. The molecular weight excluding hydrogens is 308 g/mol. The predicted octanol–water partition coefficient (Wildman–Crippen LogP) is 3.49. The number of likely N-dealkylation sites (N-methyl/N-ethyl adjacent to an activating group) is 1. The fraction of sp³-hybridized carbons (Fsp3) is 0.667. The molecule has 2 amide bonds. The number of carbonyl (C=O) groups is 2. The van der Waals surface area contributed by atoms with E-state index in [9.17, 15) is 9.59 Å². The quantitative estimate of drug-likeness (QED) is 0.862. The molecule has 0 saturated heterocycles. The smallest absolute Gasteiger partial charge is 0.408 e. The molecule has 0 aliphatic rings. The first kappa shape index (κ1) is 20.1. The molecule has 0 aromatic carbocycles. The normalized spacial score (nSPS) is 12.8. The molecule has 0 spiro atoms. The summed E-state index contributed by atoms with van der Waals surface area (Å²) in [5.74, 6) is 1.61. The second-order valence-corrected chi connectivity index (χ2v) is 7.54. The summed E-state index contributed by atoms with van der Waals surface area (Å²) in [5, 5.41) is 2.69. The summed E-state index contributed by atoms with van der Waals surface area (Å²) in [5.41, 5.74) is -0.604. The van der Waals surface area contributed by atoms with Gasteiger partial charge in [0.05, 0.1) is 6.54 Å². The highest BCUT2D eigenvalue weighted by molar-refractivity contribution is 5.85. The molecule has 1 heterocycles. The topological polar surface area (TPSA) is 71.8 Å². The zero-order chi connectivity index (χ0) is 18.5. The summed E-state index contributed by atoms with van der Waals surface area (Å²) in [6.07, 6.45) is -0.0386. The number of furan rings is 1. The Bertz CT molecular complexity index is 558. The van der Waals surface area contributed by atoms with Gasteiger partial charge in [-0.3, -0.25) is 4.79 Å². The third-order valence-corrected chi connectivity index (χ3v) is 3.26. The first-order valence-corrected chi connectivity index (χ1v) is 8.27. The van der Waals surface area contributed by atoms with E-state index in [1.165, 1.54) is 0 Å². The Morgan fingerprint density at radius 3 is 2.38 bits per heavy atom. The van der Waals surface area contributed by atoms with E-state index < -0.39 is 17.7 Å². The summed E-state index contributed by atoms with van der Waals surface area (Å²) in [6, 6.07) is 3.08. The summed E-state index contributed by atoms with van der Waals surface area (Å²) in [6.45, 7) is 11.6. The van der Waals surface area contributed by atoms with Gasteiger partial charge in [-0.1, -0.05) is 13.8 Å². The molecule has 136 valence electrons. The van der Waals surface area contributed by atoms with Crippen LogP contribution in [-0.2, 0) is 16.1 Å². The van der Waals surface area contributed by atoms with Crippen LogP contribution < -0.4 is 5.32 Å². The number of nitrogens with one attached hydrogen (secondary N) is 1. The van der Waals surface area contributed by atoms with Crippen molar-refractivity contribution in [2.45, 2.75) is 66.2 Å². The van der Waals surface area contributed by atoms with Crippen LogP contribution >= 0.6 is 0 Å². The van der Waals surface area contributed by atoms with Crippen LogP contribution in [0.5, 0.6) is 0 Å². The fourth-order valence-electron chi connectivity index (χ4n) is 2.29. The zero-order valence-corrected chi connectivity index (χ0v) is 15.8.